The number of carbonyl (C=O) groups excluding carboxylic acids is 1. The van der Waals surface area contributed by atoms with Gasteiger partial charge < -0.3 is 14.2 Å². The highest BCUT2D eigenvalue weighted by Crippen LogP contribution is 2.31. The highest BCUT2D eigenvalue weighted by Gasteiger charge is 2.06. The maximum atomic E-state index is 11.2. The molecule has 0 aromatic heterocycles. The van der Waals surface area contributed by atoms with Crippen molar-refractivity contribution in [2.45, 2.75) is 6.92 Å². The molecular formula is C22H22O4. The van der Waals surface area contributed by atoms with Crippen molar-refractivity contribution in [3.8, 4) is 5.75 Å². The van der Waals surface area contributed by atoms with Crippen LogP contribution in [0.1, 0.15) is 6.92 Å². The molecule has 0 spiro atoms. The fraction of sp³-hybridized carbons (Fsp3) is 0.227. The summed E-state index contributed by atoms with van der Waals surface area (Å²) in [6.45, 7) is 6.55. The Morgan fingerprint density at radius 1 is 0.846 bits per heavy atom. The van der Waals surface area contributed by atoms with Crippen LogP contribution in [-0.4, -0.2) is 32.4 Å². The van der Waals surface area contributed by atoms with Crippen LogP contribution < -0.4 is 4.74 Å². The Hall–Kier alpha value is -2.85. The van der Waals surface area contributed by atoms with Crippen LogP contribution >= 0.6 is 0 Å². The van der Waals surface area contributed by atoms with E-state index in [1.165, 1.54) is 16.2 Å². The monoisotopic (exact) mass is 350 g/mol. The summed E-state index contributed by atoms with van der Waals surface area (Å²) in [5.41, 5.74) is 0.386. The van der Waals surface area contributed by atoms with Crippen LogP contribution in [0.4, 0.5) is 0 Å². The van der Waals surface area contributed by atoms with Crippen molar-refractivity contribution in [1.82, 2.24) is 0 Å². The van der Waals surface area contributed by atoms with Crippen LogP contribution in [0.3, 0.4) is 0 Å². The summed E-state index contributed by atoms with van der Waals surface area (Å²) in [7, 11) is 0. The third-order valence-corrected chi connectivity index (χ3v) is 4.04. The van der Waals surface area contributed by atoms with E-state index in [2.05, 4.69) is 36.9 Å². The SMILES string of the molecule is C=C(C)C(=O)OCCOCCOc1cccc2c1ccc1ccccc12. The fourth-order valence-electron chi connectivity index (χ4n) is 2.77. The Labute approximate surface area is 153 Å². The third-order valence-electron chi connectivity index (χ3n) is 4.04. The summed E-state index contributed by atoms with van der Waals surface area (Å²) < 4.78 is 16.3. The van der Waals surface area contributed by atoms with Crippen LogP contribution in [-0.2, 0) is 14.3 Å². The zero-order valence-corrected chi connectivity index (χ0v) is 14.9. The first kappa shape index (κ1) is 18.0. The minimum Gasteiger partial charge on any atom is -0.491 e. The molecule has 3 aromatic rings. The maximum absolute atomic E-state index is 11.2. The van der Waals surface area contributed by atoms with Gasteiger partial charge in [0.05, 0.1) is 13.2 Å². The first-order chi connectivity index (χ1) is 12.7. The summed E-state index contributed by atoms with van der Waals surface area (Å²) in [5, 5.41) is 4.69. The van der Waals surface area contributed by atoms with E-state index in [9.17, 15) is 4.79 Å². The van der Waals surface area contributed by atoms with E-state index in [1.54, 1.807) is 6.92 Å². The number of esters is 1. The van der Waals surface area contributed by atoms with Crippen LogP contribution in [0, 0.1) is 0 Å². The Balaban J connectivity index is 1.54. The lowest BCUT2D eigenvalue weighted by Gasteiger charge is -2.11. The molecule has 0 aliphatic rings. The summed E-state index contributed by atoms with van der Waals surface area (Å²) in [6.07, 6.45) is 0. The molecule has 4 heteroatoms. The predicted octanol–water partition coefficient (Wildman–Crippen LogP) is 4.51. The van der Waals surface area contributed by atoms with Crippen molar-refractivity contribution in [3.63, 3.8) is 0 Å². The van der Waals surface area contributed by atoms with Gasteiger partial charge >= 0.3 is 5.97 Å². The van der Waals surface area contributed by atoms with E-state index in [-0.39, 0.29) is 6.61 Å². The van der Waals surface area contributed by atoms with Gasteiger partial charge in [-0.3, -0.25) is 0 Å². The summed E-state index contributed by atoms with van der Waals surface area (Å²) in [4.78, 5) is 11.2. The summed E-state index contributed by atoms with van der Waals surface area (Å²) in [5.74, 6) is 0.443. The first-order valence-corrected chi connectivity index (χ1v) is 8.60. The molecule has 4 nitrogen and oxygen atoms in total. The molecule has 134 valence electrons. The van der Waals surface area contributed by atoms with Gasteiger partial charge in [0.2, 0.25) is 0 Å². The van der Waals surface area contributed by atoms with E-state index in [1.807, 2.05) is 24.3 Å². The van der Waals surface area contributed by atoms with Crippen LogP contribution in [0.5, 0.6) is 5.75 Å². The van der Waals surface area contributed by atoms with Gasteiger partial charge in [0.25, 0.3) is 0 Å². The smallest absolute Gasteiger partial charge is 0.333 e. The standard InChI is InChI=1S/C22H22O4/c1-16(2)22(23)26-15-13-24-12-14-25-21-9-5-8-19-18-7-4-3-6-17(18)10-11-20(19)21/h3-11H,1,12-15H2,2H3. The number of hydrogen-bond donors (Lipinski definition) is 0. The molecule has 0 saturated heterocycles. The van der Waals surface area contributed by atoms with Crippen molar-refractivity contribution in [2.75, 3.05) is 26.4 Å². The van der Waals surface area contributed by atoms with Gasteiger partial charge in [0, 0.05) is 11.0 Å². The largest absolute Gasteiger partial charge is 0.491 e. The van der Waals surface area contributed by atoms with Gasteiger partial charge in [0.15, 0.2) is 0 Å². The molecule has 0 radical (unpaired) electrons. The van der Waals surface area contributed by atoms with Crippen molar-refractivity contribution in [2.24, 2.45) is 0 Å². The third kappa shape index (κ3) is 4.21. The van der Waals surface area contributed by atoms with Crippen molar-refractivity contribution >= 4 is 27.5 Å². The number of ether oxygens (including phenoxy) is 3. The van der Waals surface area contributed by atoms with E-state index >= 15 is 0 Å². The zero-order valence-electron chi connectivity index (χ0n) is 14.9. The van der Waals surface area contributed by atoms with Crippen molar-refractivity contribution in [3.05, 3.63) is 66.7 Å². The molecule has 0 bridgehead atoms. The second-order valence-corrected chi connectivity index (χ2v) is 6.02. The van der Waals surface area contributed by atoms with Gasteiger partial charge in [-0.25, -0.2) is 4.79 Å². The molecule has 0 heterocycles. The summed E-state index contributed by atoms with van der Waals surface area (Å²) in [6, 6.07) is 18.6. The highest BCUT2D eigenvalue weighted by atomic mass is 16.6. The van der Waals surface area contributed by atoms with E-state index in [4.69, 9.17) is 14.2 Å². The average Bonchev–Trinajstić information content (AvgIpc) is 2.66. The average molecular weight is 350 g/mol. The normalized spacial score (nSPS) is 10.8. The molecule has 0 fully saturated rings. The zero-order chi connectivity index (χ0) is 18.4. The molecule has 3 rings (SSSR count). The van der Waals surface area contributed by atoms with Crippen LogP contribution in [0.2, 0.25) is 0 Å². The van der Waals surface area contributed by atoms with E-state index < -0.39 is 5.97 Å². The second-order valence-electron chi connectivity index (χ2n) is 6.02. The van der Waals surface area contributed by atoms with Gasteiger partial charge in [-0.2, -0.15) is 0 Å². The van der Waals surface area contributed by atoms with Gasteiger partial charge in [0.1, 0.15) is 19.0 Å². The Kier molecular flexibility index (Phi) is 5.87. The minimum atomic E-state index is -0.396. The Morgan fingerprint density at radius 3 is 2.46 bits per heavy atom. The molecular weight excluding hydrogens is 328 g/mol. The van der Waals surface area contributed by atoms with Crippen LogP contribution in [0.25, 0.3) is 21.5 Å². The van der Waals surface area contributed by atoms with E-state index in [0.29, 0.717) is 25.4 Å². The molecule has 0 N–H and O–H groups in total. The van der Waals surface area contributed by atoms with Gasteiger partial charge in [-0.15, -0.1) is 0 Å². The maximum Gasteiger partial charge on any atom is 0.333 e. The molecule has 0 saturated carbocycles. The number of fused-ring (bicyclic) bond motifs is 3. The Bertz CT molecular complexity index is 930. The lowest BCUT2D eigenvalue weighted by atomic mass is 10.0. The van der Waals surface area contributed by atoms with E-state index in [0.717, 1.165) is 11.1 Å². The quantitative estimate of drug-likeness (QED) is 0.260. The fourth-order valence-corrected chi connectivity index (χ4v) is 2.77. The lowest BCUT2D eigenvalue weighted by molar-refractivity contribution is -0.140. The highest BCUT2D eigenvalue weighted by molar-refractivity contribution is 6.09. The molecule has 0 aliphatic heterocycles. The Morgan fingerprint density at radius 2 is 1.62 bits per heavy atom. The molecule has 0 atom stereocenters. The number of benzene rings is 3. The van der Waals surface area contributed by atoms with Crippen LogP contribution in [0.15, 0.2) is 66.7 Å². The molecule has 0 amide bonds. The lowest BCUT2D eigenvalue weighted by Crippen LogP contribution is -2.13. The number of rotatable bonds is 8. The topological polar surface area (TPSA) is 44.8 Å². The first-order valence-electron chi connectivity index (χ1n) is 8.60. The van der Waals surface area contributed by atoms with Gasteiger partial charge in [-0.05, 0) is 29.1 Å². The number of carbonyl (C=O) groups is 1. The second kappa shape index (κ2) is 8.50. The minimum absolute atomic E-state index is 0.214. The van der Waals surface area contributed by atoms with Gasteiger partial charge in [-0.1, -0.05) is 55.1 Å². The molecule has 26 heavy (non-hydrogen) atoms. The van der Waals surface area contributed by atoms with Crippen molar-refractivity contribution < 1.29 is 19.0 Å². The molecule has 0 unspecified atom stereocenters. The number of hydrogen-bond acceptors (Lipinski definition) is 4. The molecule has 0 aliphatic carbocycles. The summed E-state index contributed by atoms with van der Waals surface area (Å²) >= 11 is 0. The van der Waals surface area contributed by atoms with Crippen molar-refractivity contribution in [1.29, 1.82) is 0 Å². The molecule has 3 aromatic carbocycles. The predicted molar refractivity (Wildman–Crippen MR) is 104 cm³/mol.